The Balaban J connectivity index is 2.84. The lowest BCUT2D eigenvalue weighted by Gasteiger charge is -2.08. The molecule has 0 atom stereocenters. The Hall–Kier alpha value is -0.760. The van der Waals surface area contributed by atoms with Gasteiger partial charge in [-0.1, -0.05) is 13.8 Å². The summed E-state index contributed by atoms with van der Waals surface area (Å²) in [4.78, 5) is 11.7. The number of halogens is 1. The number of carbonyl (C=O) groups excluding carboxylic acids is 1. The number of furan rings is 1. The van der Waals surface area contributed by atoms with Crippen molar-refractivity contribution >= 4 is 17.4 Å². The van der Waals surface area contributed by atoms with Crippen LogP contribution in [0.4, 0.5) is 0 Å². The zero-order chi connectivity index (χ0) is 9.84. The third-order valence-corrected chi connectivity index (χ3v) is 2.53. The molecule has 0 fully saturated rings. The molecule has 1 aromatic heterocycles. The summed E-state index contributed by atoms with van der Waals surface area (Å²) >= 11 is 5.71. The maximum absolute atomic E-state index is 11.7. The second kappa shape index (κ2) is 4.47. The molecule has 0 aromatic carbocycles. The lowest BCUT2D eigenvalue weighted by molar-refractivity contribution is 0.0913. The van der Waals surface area contributed by atoms with Crippen molar-refractivity contribution < 1.29 is 9.21 Å². The molecule has 0 aliphatic rings. The molecule has 0 saturated heterocycles. The van der Waals surface area contributed by atoms with Crippen LogP contribution in [0.1, 0.15) is 37.0 Å². The van der Waals surface area contributed by atoms with Gasteiger partial charge in [0.1, 0.15) is 0 Å². The molecular weight excluding hydrogens is 188 g/mol. The van der Waals surface area contributed by atoms with Gasteiger partial charge in [-0.2, -0.15) is 0 Å². The molecule has 1 aromatic rings. The SMILES string of the molecule is CCC(CC)C(=O)c1ccoc1Cl. The van der Waals surface area contributed by atoms with E-state index in [1.54, 1.807) is 6.07 Å². The average molecular weight is 201 g/mol. The van der Waals surface area contributed by atoms with Crippen LogP contribution in [-0.2, 0) is 0 Å². The van der Waals surface area contributed by atoms with Gasteiger partial charge in [-0.3, -0.25) is 4.79 Å². The van der Waals surface area contributed by atoms with E-state index in [9.17, 15) is 4.79 Å². The minimum absolute atomic E-state index is 0.0649. The molecule has 13 heavy (non-hydrogen) atoms. The fourth-order valence-corrected chi connectivity index (χ4v) is 1.56. The van der Waals surface area contributed by atoms with Crippen LogP contribution in [0.15, 0.2) is 16.7 Å². The van der Waals surface area contributed by atoms with Crippen LogP contribution in [0, 0.1) is 5.92 Å². The molecule has 0 aliphatic carbocycles. The van der Waals surface area contributed by atoms with Gasteiger partial charge in [0.25, 0.3) is 0 Å². The van der Waals surface area contributed by atoms with Crippen LogP contribution in [0.25, 0.3) is 0 Å². The Labute approximate surface area is 82.9 Å². The van der Waals surface area contributed by atoms with E-state index in [0.29, 0.717) is 5.56 Å². The number of Topliss-reactive ketones (excluding diaryl/α,β-unsaturated/α-hetero) is 1. The molecule has 0 amide bonds. The van der Waals surface area contributed by atoms with Crippen molar-refractivity contribution in [1.29, 1.82) is 0 Å². The van der Waals surface area contributed by atoms with Crippen LogP contribution in [0.2, 0.25) is 5.22 Å². The Morgan fingerprint density at radius 2 is 2.15 bits per heavy atom. The highest BCUT2D eigenvalue weighted by Gasteiger charge is 2.20. The van der Waals surface area contributed by atoms with Crippen LogP contribution < -0.4 is 0 Å². The van der Waals surface area contributed by atoms with Crippen LogP contribution in [0.3, 0.4) is 0 Å². The minimum Gasteiger partial charge on any atom is -0.452 e. The molecule has 2 nitrogen and oxygen atoms in total. The summed E-state index contributed by atoms with van der Waals surface area (Å²) in [7, 11) is 0. The molecule has 0 N–H and O–H groups in total. The first-order chi connectivity index (χ1) is 6.20. The van der Waals surface area contributed by atoms with E-state index in [4.69, 9.17) is 16.0 Å². The van der Waals surface area contributed by atoms with Crippen molar-refractivity contribution in [3.8, 4) is 0 Å². The van der Waals surface area contributed by atoms with Gasteiger partial charge in [0.2, 0.25) is 5.22 Å². The molecule has 3 heteroatoms. The third-order valence-electron chi connectivity index (χ3n) is 2.24. The third kappa shape index (κ3) is 2.13. The molecular formula is C10H13ClO2. The van der Waals surface area contributed by atoms with E-state index in [2.05, 4.69) is 0 Å². The van der Waals surface area contributed by atoms with Crippen molar-refractivity contribution in [2.75, 3.05) is 0 Å². The summed E-state index contributed by atoms with van der Waals surface area (Å²) < 4.78 is 4.87. The lowest BCUT2D eigenvalue weighted by atomic mass is 9.95. The molecule has 0 unspecified atom stereocenters. The van der Waals surface area contributed by atoms with Crippen molar-refractivity contribution in [2.24, 2.45) is 5.92 Å². The minimum atomic E-state index is 0.0649. The van der Waals surface area contributed by atoms with E-state index in [1.807, 2.05) is 13.8 Å². The maximum atomic E-state index is 11.7. The molecule has 0 bridgehead atoms. The van der Waals surface area contributed by atoms with Crippen molar-refractivity contribution in [2.45, 2.75) is 26.7 Å². The largest absolute Gasteiger partial charge is 0.452 e. The van der Waals surface area contributed by atoms with Crippen LogP contribution in [0.5, 0.6) is 0 Å². The van der Waals surface area contributed by atoms with Gasteiger partial charge in [-0.25, -0.2) is 0 Å². The Bertz CT molecular complexity index is 287. The predicted molar refractivity (Wildman–Crippen MR) is 52.1 cm³/mol. The van der Waals surface area contributed by atoms with Crippen LogP contribution in [-0.4, -0.2) is 5.78 Å². The molecule has 72 valence electrons. The van der Waals surface area contributed by atoms with Crippen molar-refractivity contribution in [3.63, 3.8) is 0 Å². The number of carbonyl (C=O) groups is 1. The molecule has 1 heterocycles. The predicted octanol–water partition coefficient (Wildman–Crippen LogP) is 3.55. The molecule has 0 aliphatic heterocycles. The zero-order valence-electron chi connectivity index (χ0n) is 7.84. The van der Waals surface area contributed by atoms with E-state index in [-0.39, 0.29) is 16.9 Å². The first-order valence-corrected chi connectivity index (χ1v) is 4.85. The fourth-order valence-electron chi connectivity index (χ4n) is 1.35. The summed E-state index contributed by atoms with van der Waals surface area (Å²) in [6, 6.07) is 1.63. The van der Waals surface area contributed by atoms with Gasteiger partial charge < -0.3 is 4.42 Å². The number of hydrogen-bond acceptors (Lipinski definition) is 2. The highest BCUT2D eigenvalue weighted by atomic mass is 35.5. The topological polar surface area (TPSA) is 30.2 Å². The van der Waals surface area contributed by atoms with E-state index in [0.717, 1.165) is 12.8 Å². The normalized spacial score (nSPS) is 10.8. The van der Waals surface area contributed by atoms with E-state index < -0.39 is 0 Å². The molecule has 0 spiro atoms. The second-order valence-corrected chi connectivity index (χ2v) is 3.33. The Kier molecular flexibility index (Phi) is 3.55. The second-order valence-electron chi connectivity index (χ2n) is 2.99. The molecule has 1 rings (SSSR count). The number of hydrogen-bond donors (Lipinski definition) is 0. The van der Waals surface area contributed by atoms with Crippen molar-refractivity contribution in [1.82, 2.24) is 0 Å². The summed E-state index contributed by atoms with van der Waals surface area (Å²) in [5.41, 5.74) is 0.510. The summed E-state index contributed by atoms with van der Waals surface area (Å²) in [5, 5.41) is 0.205. The van der Waals surface area contributed by atoms with Gasteiger partial charge >= 0.3 is 0 Å². The monoisotopic (exact) mass is 200 g/mol. The quantitative estimate of drug-likeness (QED) is 0.696. The number of ketones is 1. The van der Waals surface area contributed by atoms with E-state index >= 15 is 0 Å². The zero-order valence-corrected chi connectivity index (χ0v) is 8.60. The van der Waals surface area contributed by atoms with Gasteiger partial charge in [0, 0.05) is 5.92 Å². The highest BCUT2D eigenvalue weighted by Crippen LogP contribution is 2.23. The molecule has 0 saturated carbocycles. The lowest BCUT2D eigenvalue weighted by Crippen LogP contribution is -2.12. The maximum Gasteiger partial charge on any atom is 0.203 e. The number of rotatable bonds is 4. The Morgan fingerprint density at radius 1 is 1.54 bits per heavy atom. The first kappa shape index (κ1) is 10.3. The fraction of sp³-hybridized carbons (Fsp3) is 0.500. The Morgan fingerprint density at radius 3 is 2.54 bits per heavy atom. The van der Waals surface area contributed by atoms with Gasteiger partial charge in [-0.15, -0.1) is 0 Å². The van der Waals surface area contributed by atoms with Crippen molar-refractivity contribution in [3.05, 3.63) is 23.1 Å². The summed E-state index contributed by atoms with van der Waals surface area (Å²) in [5.74, 6) is 0.152. The van der Waals surface area contributed by atoms with Gasteiger partial charge in [0.05, 0.1) is 11.8 Å². The average Bonchev–Trinajstić information content (AvgIpc) is 2.53. The van der Waals surface area contributed by atoms with Gasteiger partial charge in [0.15, 0.2) is 5.78 Å². The van der Waals surface area contributed by atoms with Gasteiger partial charge in [-0.05, 0) is 30.5 Å². The summed E-state index contributed by atoms with van der Waals surface area (Å²) in [6.07, 6.45) is 3.13. The molecule has 0 radical (unpaired) electrons. The first-order valence-electron chi connectivity index (χ1n) is 4.47. The van der Waals surface area contributed by atoms with Crippen LogP contribution >= 0.6 is 11.6 Å². The smallest absolute Gasteiger partial charge is 0.203 e. The highest BCUT2D eigenvalue weighted by molar-refractivity contribution is 6.32. The summed E-state index contributed by atoms with van der Waals surface area (Å²) in [6.45, 7) is 4.00. The van der Waals surface area contributed by atoms with E-state index in [1.165, 1.54) is 6.26 Å². The standard InChI is InChI=1S/C10H13ClO2/c1-3-7(4-2)9(12)8-5-6-13-10(8)11/h5-7H,3-4H2,1-2H3.